The third-order valence-corrected chi connectivity index (χ3v) is 6.34. The summed E-state index contributed by atoms with van der Waals surface area (Å²) < 4.78 is 0. The maximum Gasteiger partial charge on any atom is 0.104 e. The molecule has 0 aliphatic carbocycles. The molecule has 5 heteroatoms. The van der Waals surface area contributed by atoms with Crippen molar-refractivity contribution in [1.29, 1.82) is 10.5 Å². The van der Waals surface area contributed by atoms with Gasteiger partial charge >= 0.3 is 0 Å². The summed E-state index contributed by atoms with van der Waals surface area (Å²) >= 11 is 0. The molecule has 184 valence electrons. The third-order valence-electron chi connectivity index (χ3n) is 6.34. The number of nitrogens with one attached hydrogen (secondary N) is 3. The average Bonchev–Trinajstić information content (AvgIpc) is 2.92. The van der Waals surface area contributed by atoms with E-state index in [9.17, 15) is 10.5 Å². The van der Waals surface area contributed by atoms with Gasteiger partial charge in [-0.15, -0.1) is 0 Å². The fraction of sp³-hybridized carbons (Fsp3) is 0.188. The molecule has 0 saturated heterocycles. The molecule has 0 heterocycles. The number of benzene rings is 4. The summed E-state index contributed by atoms with van der Waals surface area (Å²) in [6.07, 6.45) is 0. The van der Waals surface area contributed by atoms with E-state index < -0.39 is 0 Å². The van der Waals surface area contributed by atoms with Gasteiger partial charge in [0.05, 0.1) is 22.6 Å². The molecule has 0 spiro atoms. The minimum atomic E-state index is 0.421. The maximum atomic E-state index is 10.3. The highest BCUT2D eigenvalue weighted by molar-refractivity contribution is 5.86. The Bertz CT molecular complexity index is 1440. The zero-order chi connectivity index (χ0) is 26.2. The van der Waals surface area contributed by atoms with E-state index in [-0.39, 0.29) is 0 Å². The van der Waals surface area contributed by atoms with Gasteiger partial charge in [0, 0.05) is 19.6 Å². The Morgan fingerprint density at radius 3 is 1.35 bits per heavy atom. The molecule has 0 fully saturated rings. The normalized spacial score (nSPS) is 10.3. The summed E-state index contributed by atoms with van der Waals surface area (Å²) in [5.74, 6) is 0. The standard InChI is InChI=1S/C32H31N5/c1-22-4-10-25(11-5-22)19-35-30-16-28(17-33)31(36-20-26-12-6-23(2)7-13-26)29(18-34)32(30)37-21-27-14-8-24(3)9-15-27/h4-16,35-37H,19-21H2,1-3H3. The van der Waals surface area contributed by atoms with Crippen LogP contribution in [0.3, 0.4) is 0 Å². The van der Waals surface area contributed by atoms with Gasteiger partial charge < -0.3 is 16.0 Å². The second-order valence-corrected chi connectivity index (χ2v) is 9.34. The molecular weight excluding hydrogens is 454 g/mol. The van der Waals surface area contributed by atoms with Gasteiger partial charge in [-0.2, -0.15) is 10.5 Å². The van der Waals surface area contributed by atoms with E-state index in [2.05, 4.69) is 115 Å². The van der Waals surface area contributed by atoms with E-state index in [4.69, 9.17) is 0 Å². The molecule has 3 N–H and O–H groups in total. The number of aryl methyl sites for hydroxylation is 3. The highest BCUT2D eigenvalue weighted by Crippen LogP contribution is 2.36. The zero-order valence-corrected chi connectivity index (χ0v) is 21.5. The molecule has 4 rings (SSSR count). The van der Waals surface area contributed by atoms with Crippen molar-refractivity contribution in [2.75, 3.05) is 16.0 Å². The van der Waals surface area contributed by atoms with Crippen molar-refractivity contribution in [1.82, 2.24) is 0 Å². The van der Waals surface area contributed by atoms with Gasteiger partial charge in [0.1, 0.15) is 17.7 Å². The van der Waals surface area contributed by atoms with Crippen LogP contribution in [0.25, 0.3) is 0 Å². The summed E-state index contributed by atoms with van der Waals surface area (Å²) in [4.78, 5) is 0. The van der Waals surface area contributed by atoms with E-state index in [1.54, 1.807) is 0 Å². The fourth-order valence-electron chi connectivity index (χ4n) is 4.09. The van der Waals surface area contributed by atoms with Gasteiger partial charge in [0.2, 0.25) is 0 Å². The molecule has 4 aromatic carbocycles. The van der Waals surface area contributed by atoms with Gasteiger partial charge in [-0.1, -0.05) is 89.5 Å². The van der Waals surface area contributed by atoms with Crippen molar-refractivity contribution >= 4 is 17.1 Å². The molecule has 4 aromatic rings. The minimum Gasteiger partial charge on any atom is -0.379 e. The largest absolute Gasteiger partial charge is 0.379 e. The molecule has 0 amide bonds. The van der Waals surface area contributed by atoms with Gasteiger partial charge in [0.15, 0.2) is 0 Å². The van der Waals surface area contributed by atoms with Gasteiger partial charge in [-0.3, -0.25) is 0 Å². The van der Waals surface area contributed by atoms with E-state index in [1.807, 2.05) is 13.0 Å². The predicted octanol–water partition coefficient (Wildman–Crippen LogP) is 7.19. The molecule has 0 saturated carbocycles. The van der Waals surface area contributed by atoms with Crippen molar-refractivity contribution < 1.29 is 0 Å². The number of hydrogen-bond donors (Lipinski definition) is 3. The number of nitriles is 2. The first kappa shape index (κ1) is 25.4. The molecule has 0 aliphatic rings. The van der Waals surface area contributed by atoms with Crippen LogP contribution in [0.4, 0.5) is 17.1 Å². The molecule has 0 radical (unpaired) electrons. The summed E-state index contributed by atoms with van der Waals surface area (Å²) in [5.41, 5.74) is 9.68. The Morgan fingerprint density at radius 1 is 0.541 bits per heavy atom. The van der Waals surface area contributed by atoms with Crippen LogP contribution in [0, 0.1) is 43.4 Å². The lowest BCUT2D eigenvalue weighted by Gasteiger charge is -2.20. The number of anilines is 3. The smallest absolute Gasteiger partial charge is 0.104 e. The van der Waals surface area contributed by atoms with Crippen LogP contribution in [-0.2, 0) is 19.6 Å². The molecule has 0 aliphatic heterocycles. The van der Waals surface area contributed by atoms with E-state index >= 15 is 0 Å². The van der Waals surface area contributed by atoms with Crippen molar-refractivity contribution in [3.05, 3.63) is 123 Å². The summed E-state index contributed by atoms with van der Waals surface area (Å²) in [6, 6.07) is 31.3. The van der Waals surface area contributed by atoms with Gasteiger partial charge in [-0.05, 0) is 43.5 Å². The van der Waals surface area contributed by atoms with E-state index in [0.717, 1.165) is 22.4 Å². The van der Waals surface area contributed by atoms with Crippen molar-refractivity contribution in [3.8, 4) is 12.1 Å². The molecule has 0 aromatic heterocycles. The van der Waals surface area contributed by atoms with Crippen molar-refractivity contribution in [2.24, 2.45) is 0 Å². The predicted molar refractivity (Wildman–Crippen MR) is 151 cm³/mol. The van der Waals surface area contributed by atoms with Crippen LogP contribution in [0.1, 0.15) is 44.5 Å². The Kier molecular flexibility index (Phi) is 8.08. The van der Waals surface area contributed by atoms with E-state index in [0.29, 0.717) is 42.1 Å². The SMILES string of the molecule is Cc1ccc(CNc2cc(C#N)c(NCc3ccc(C)cc3)c(C#N)c2NCc2ccc(C)cc2)cc1. The van der Waals surface area contributed by atoms with Crippen LogP contribution in [-0.4, -0.2) is 0 Å². The highest BCUT2D eigenvalue weighted by Gasteiger charge is 2.19. The molecule has 0 bridgehead atoms. The maximum absolute atomic E-state index is 10.3. The van der Waals surface area contributed by atoms with Crippen LogP contribution >= 0.6 is 0 Å². The minimum absolute atomic E-state index is 0.421. The summed E-state index contributed by atoms with van der Waals surface area (Å²) in [7, 11) is 0. The first-order valence-electron chi connectivity index (χ1n) is 12.4. The van der Waals surface area contributed by atoms with Crippen molar-refractivity contribution in [2.45, 2.75) is 40.4 Å². The fourth-order valence-corrected chi connectivity index (χ4v) is 4.09. The number of rotatable bonds is 9. The Labute approximate surface area is 219 Å². The lowest BCUT2D eigenvalue weighted by Crippen LogP contribution is -2.11. The quantitative estimate of drug-likeness (QED) is 0.234. The third kappa shape index (κ3) is 6.48. The first-order chi connectivity index (χ1) is 18.0. The summed E-state index contributed by atoms with van der Waals surface area (Å²) in [5, 5.41) is 30.5. The molecule has 5 nitrogen and oxygen atoms in total. The lowest BCUT2D eigenvalue weighted by atomic mass is 10.0. The number of hydrogen-bond acceptors (Lipinski definition) is 5. The topological polar surface area (TPSA) is 83.7 Å². The second-order valence-electron chi connectivity index (χ2n) is 9.34. The Hall–Kier alpha value is -4.74. The lowest BCUT2D eigenvalue weighted by molar-refractivity contribution is 1.10. The number of nitrogens with zero attached hydrogens (tertiary/aromatic N) is 2. The van der Waals surface area contributed by atoms with Gasteiger partial charge in [0.25, 0.3) is 0 Å². The molecule has 0 unspecified atom stereocenters. The van der Waals surface area contributed by atoms with E-state index in [1.165, 1.54) is 16.7 Å². The molecule has 37 heavy (non-hydrogen) atoms. The first-order valence-corrected chi connectivity index (χ1v) is 12.4. The zero-order valence-electron chi connectivity index (χ0n) is 21.5. The molecule has 0 atom stereocenters. The van der Waals surface area contributed by atoms with Crippen LogP contribution in [0.5, 0.6) is 0 Å². The van der Waals surface area contributed by atoms with Crippen LogP contribution < -0.4 is 16.0 Å². The monoisotopic (exact) mass is 485 g/mol. The van der Waals surface area contributed by atoms with Gasteiger partial charge in [-0.25, -0.2) is 0 Å². The van der Waals surface area contributed by atoms with Crippen LogP contribution in [0.15, 0.2) is 78.9 Å². The molecular formula is C32H31N5. The van der Waals surface area contributed by atoms with Crippen molar-refractivity contribution in [3.63, 3.8) is 0 Å². The average molecular weight is 486 g/mol. The summed E-state index contributed by atoms with van der Waals surface area (Å²) in [6.45, 7) is 7.81. The second kappa shape index (κ2) is 11.8. The Balaban J connectivity index is 1.68. The van der Waals surface area contributed by atoms with Crippen LogP contribution in [0.2, 0.25) is 0 Å². The highest BCUT2D eigenvalue weighted by atomic mass is 15.0. The Morgan fingerprint density at radius 2 is 0.946 bits per heavy atom.